The van der Waals surface area contributed by atoms with Crippen LogP contribution in [0.2, 0.25) is 0 Å². The van der Waals surface area contributed by atoms with E-state index in [2.05, 4.69) is 39.8 Å². The van der Waals surface area contributed by atoms with Crippen molar-refractivity contribution in [1.29, 1.82) is 0 Å². The number of carbonyl (C=O) groups is 4. The molecule has 0 unspecified atom stereocenters. The molecule has 0 saturated carbocycles. The molecule has 1 aliphatic rings. The number of hydrogen-bond acceptors (Lipinski definition) is 11. The van der Waals surface area contributed by atoms with Gasteiger partial charge in [-0.2, -0.15) is 0 Å². The van der Waals surface area contributed by atoms with Crippen molar-refractivity contribution in [3.8, 4) is 0 Å². The molecule has 3 rings (SSSR count). The molecule has 2 heterocycles. The van der Waals surface area contributed by atoms with Crippen molar-refractivity contribution in [2.45, 2.75) is 129 Å². The predicted molar refractivity (Wildman–Crippen MR) is 219 cm³/mol. The molecule has 318 valence electrons. The van der Waals surface area contributed by atoms with Gasteiger partial charge in [0.2, 0.25) is 23.7 Å². The van der Waals surface area contributed by atoms with E-state index in [1.807, 2.05) is 19.9 Å². The fourth-order valence-corrected chi connectivity index (χ4v) is 7.53. The Morgan fingerprint density at radius 3 is 2.30 bits per heavy atom. The molecule has 1 aromatic carbocycles. The number of anilines is 2. The van der Waals surface area contributed by atoms with Crippen LogP contribution in [0.25, 0.3) is 0 Å². The SMILES string of the molecule is CC[C@H](C)[C@@H]([C@@H](CC(=O)N1CCC[C@H]1[C@H](OC)[C@@H](C)C(=O)N[C@H](CO)Cc1cccc(NC(=O)OC(C)(C)C)c1)OC)N(C)C(=O)[C@@H](Nc1ncccn1)C(C)C. The number of benzene rings is 1. The van der Waals surface area contributed by atoms with Gasteiger partial charge in [0.05, 0.1) is 49.3 Å². The van der Waals surface area contributed by atoms with E-state index in [1.54, 1.807) is 95.4 Å². The molecular formula is C42H67N7O8. The average Bonchev–Trinajstić information content (AvgIpc) is 3.65. The predicted octanol–water partition coefficient (Wildman–Crippen LogP) is 4.90. The van der Waals surface area contributed by atoms with Crippen LogP contribution in [0.15, 0.2) is 42.7 Å². The summed E-state index contributed by atoms with van der Waals surface area (Å²) in [4.78, 5) is 66.3. The average molecular weight is 798 g/mol. The molecule has 15 heteroatoms. The summed E-state index contributed by atoms with van der Waals surface area (Å²) >= 11 is 0. The maximum Gasteiger partial charge on any atom is 0.412 e. The van der Waals surface area contributed by atoms with E-state index in [0.717, 1.165) is 18.4 Å². The molecule has 0 aliphatic carbocycles. The molecular weight excluding hydrogens is 731 g/mol. The minimum absolute atomic E-state index is 0.00508. The second-order valence-corrected chi connectivity index (χ2v) is 16.4. The lowest BCUT2D eigenvalue weighted by Crippen LogP contribution is -2.56. The van der Waals surface area contributed by atoms with Crippen molar-refractivity contribution in [3.63, 3.8) is 0 Å². The highest BCUT2D eigenvalue weighted by molar-refractivity contribution is 5.86. The highest BCUT2D eigenvalue weighted by Crippen LogP contribution is 2.30. The van der Waals surface area contributed by atoms with Crippen LogP contribution in [0.5, 0.6) is 0 Å². The maximum atomic E-state index is 14.2. The van der Waals surface area contributed by atoms with Crippen molar-refractivity contribution in [2.75, 3.05) is 45.1 Å². The van der Waals surface area contributed by atoms with Crippen molar-refractivity contribution in [1.82, 2.24) is 25.1 Å². The monoisotopic (exact) mass is 798 g/mol. The third-order valence-corrected chi connectivity index (χ3v) is 10.7. The largest absolute Gasteiger partial charge is 0.444 e. The number of methoxy groups -OCH3 is 2. The van der Waals surface area contributed by atoms with Gasteiger partial charge in [-0.05, 0) is 75.6 Å². The summed E-state index contributed by atoms with van der Waals surface area (Å²) in [5.74, 6) is -0.981. The first kappa shape index (κ1) is 47.0. The second-order valence-electron chi connectivity index (χ2n) is 16.4. The van der Waals surface area contributed by atoms with Crippen molar-refractivity contribution < 1.29 is 38.5 Å². The number of aliphatic hydroxyl groups excluding tert-OH is 1. The van der Waals surface area contributed by atoms with E-state index < -0.39 is 47.9 Å². The number of ether oxygens (including phenoxy) is 3. The summed E-state index contributed by atoms with van der Waals surface area (Å²) in [6, 6.07) is 6.86. The van der Waals surface area contributed by atoms with Crippen molar-refractivity contribution >= 4 is 35.5 Å². The van der Waals surface area contributed by atoms with Gasteiger partial charge >= 0.3 is 6.09 Å². The summed E-state index contributed by atoms with van der Waals surface area (Å²) in [5, 5.41) is 19.1. The fraction of sp³-hybridized carbons (Fsp3) is 0.667. The van der Waals surface area contributed by atoms with Crippen LogP contribution in [0.1, 0.15) is 86.6 Å². The van der Waals surface area contributed by atoms with Crippen LogP contribution in [0.4, 0.5) is 16.4 Å². The summed E-state index contributed by atoms with van der Waals surface area (Å²) in [7, 11) is 4.87. The Morgan fingerprint density at radius 1 is 1.04 bits per heavy atom. The number of aromatic nitrogens is 2. The number of nitrogens with one attached hydrogen (secondary N) is 3. The van der Waals surface area contributed by atoms with Crippen molar-refractivity contribution in [3.05, 3.63) is 48.3 Å². The third kappa shape index (κ3) is 13.6. The van der Waals surface area contributed by atoms with E-state index in [1.165, 1.54) is 0 Å². The molecule has 15 nitrogen and oxygen atoms in total. The number of carbonyl (C=O) groups excluding carboxylic acids is 4. The Labute approximate surface area is 339 Å². The number of hydrogen-bond donors (Lipinski definition) is 4. The summed E-state index contributed by atoms with van der Waals surface area (Å²) < 4.78 is 17.3. The van der Waals surface area contributed by atoms with E-state index >= 15 is 0 Å². The zero-order chi connectivity index (χ0) is 42.4. The Kier molecular flexibility index (Phi) is 18.1. The molecule has 2 aromatic rings. The molecule has 8 atom stereocenters. The van der Waals surface area contributed by atoms with Gasteiger partial charge < -0.3 is 39.8 Å². The van der Waals surface area contributed by atoms with Crippen LogP contribution in [-0.2, 0) is 35.0 Å². The summed E-state index contributed by atoms with van der Waals surface area (Å²) in [6.45, 7) is 15.3. The van der Waals surface area contributed by atoms with Gasteiger partial charge in [0.1, 0.15) is 11.6 Å². The third-order valence-electron chi connectivity index (χ3n) is 10.7. The Hall–Kier alpha value is -4.34. The number of amides is 4. The van der Waals surface area contributed by atoms with E-state index in [0.29, 0.717) is 31.0 Å². The highest BCUT2D eigenvalue weighted by atomic mass is 16.6. The summed E-state index contributed by atoms with van der Waals surface area (Å²) in [5.41, 5.74) is 0.677. The fourth-order valence-electron chi connectivity index (χ4n) is 7.53. The summed E-state index contributed by atoms with van der Waals surface area (Å²) in [6.07, 6.45) is 3.92. The van der Waals surface area contributed by atoms with Gasteiger partial charge in [0, 0.05) is 45.9 Å². The molecule has 1 aromatic heterocycles. The molecule has 4 N–H and O–H groups in total. The molecule has 1 aliphatic heterocycles. The Balaban J connectivity index is 1.71. The number of likely N-dealkylation sites (tertiary alicyclic amines) is 1. The van der Waals surface area contributed by atoms with E-state index in [4.69, 9.17) is 14.2 Å². The molecule has 0 bridgehead atoms. The minimum Gasteiger partial charge on any atom is -0.444 e. The smallest absolute Gasteiger partial charge is 0.412 e. The van der Waals surface area contributed by atoms with Crippen LogP contribution in [0.3, 0.4) is 0 Å². The molecule has 1 fully saturated rings. The zero-order valence-electron chi connectivity index (χ0n) is 35.8. The molecule has 57 heavy (non-hydrogen) atoms. The van der Waals surface area contributed by atoms with Crippen LogP contribution >= 0.6 is 0 Å². The first-order valence-electron chi connectivity index (χ1n) is 20.1. The lowest BCUT2D eigenvalue weighted by molar-refractivity contribution is -0.146. The zero-order valence-corrected chi connectivity index (χ0v) is 35.8. The van der Waals surface area contributed by atoms with Gasteiger partial charge in [0.25, 0.3) is 0 Å². The normalized spacial score (nSPS) is 18.1. The number of aliphatic hydroxyl groups is 1. The lowest BCUT2D eigenvalue weighted by atomic mass is 9.89. The van der Waals surface area contributed by atoms with E-state index in [-0.39, 0.29) is 48.6 Å². The molecule has 0 spiro atoms. The first-order chi connectivity index (χ1) is 26.9. The van der Waals surface area contributed by atoms with Gasteiger partial charge in [-0.25, -0.2) is 14.8 Å². The Morgan fingerprint density at radius 2 is 1.72 bits per heavy atom. The highest BCUT2D eigenvalue weighted by Gasteiger charge is 2.43. The van der Waals surface area contributed by atoms with E-state index in [9.17, 15) is 24.3 Å². The van der Waals surface area contributed by atoms with Crippen LogP contribution in [0, 0.1) is 17.8 Å². The van der Waals surface area contributed by atoms with Gasteiger partial charge in [-0.15, -0.1) is 0 Å². The number of likely N-dealkylation sites (N-methyl/N-ethyl adjacent to an activating group) is 1. The molecule has 4 amide bonds. The number of nitrogens with zero attached hydrogens (tertiary/aromatic N) is 4. The molecule has 1 saturated heterocycles. The first-order valence-corrected chi connectivity index (χ1v) is 20.1. The Bertz CT molecular complexity index is 1590. The number of rotatable bonds is 20. The maximum absolute atomic E-state index is 14.2. The van der Waals surface area contributed by atoms with Gasteiger partial charge in [-0.1, -0.05) is 53.2 Å². The minimum atomic E-state index is -0.661. The molecule has 0 radical (unpaired) electrons. The topological polar surface area (TPSA) is 185 Å². The van der Waals surface area contributed by atoms with Crippen LogP contribution < -0.4 is 16.0 Å². The van der Waals surface area contributed by atoms with Crippen LogP contribution in [-0.4, -0.2) is 125 Å². The van der Waals surface area contributed by atoms with Gasteiger partial charge in [-0.3, -0.25) is 19.7 Å². The second kappa shape index (κ2) is 22.0. The lowest BCUT2D eigenvalue weighted by Gasteiger charge is -2.40. The van der Waals surface area contributed by atoms with Gasteiger partial charge in [0.15, 0.2) is 0 Å². The van der Waals surface area contributed by atoms with Crippen molar-refractivity contribution in [2.24, 2.45) is 17.8 Å². The standard InChI is InChI=1S/C42H67N7O8/c1-12-27(4)36(48(9)39(53)35(26(2)3)47-40-43-19-15-20-44-40)33(55-10)24-34(51)49-21-14-18-32(49)37(56-11)28(5)38(52)45-31(25-50)23-29-16-13-17-30(22-29)46-41(54)57-42(6,7)8/h13,15-17,19-20,22,26-28,31-33,35-37,50H,12,14,18,21,23-25H2,1-11H3,(H,45,52)(H,46,54)(H,43,44,47)/t27-,28+,31-,32-,33+,35-,36-,37+/m0/s1. The quantitative estimate of drug-likeness (QED) is 0.143.